The van der Waals surface area contributed by atoms with Crippen molar-refractivity contribution in [2.45, 2.75) is 111 Å². The number of carboxylic acids is 1. The first-order valence-corrected chi connectivity index (χ1v) is 27.2. The summed E-state index contributed by atoms with van der Waals surface area (Å²) in [6.07, 6.45) is 10.7. The molecule has 0 N–H and O–H groups in total. The number of anilines is 1. The molecule has 0 radical (unpaired) electrons. The summed E-state index contributed by atoms with van der Waals surface area (Å²) in [5, 5.41) is 11.1. The van der Waals surface area contributed by atoms with Gasteiger partial charge in [-0.15, -0.1) is 0 Å². The molecule has 0 saturated carbocycles. The minimum atomic E-state index is -4.83. The molecule has 6 rings (SSSR count). The first-order valence-electron chi connectivity index (χ1n) is 21.4. The molecule has 0 unspecified atom stereocenters. The Kier molecular flexibility index (Phi) is 24.6. The molecule has 362 valence electrons. The van der Waals surface area contributed by atoms with Gasteiger partial charge in [-0.1, -0.05) is 19.9 Å². The van der Waals surface area contributed by atoms with Crippen molar-refractivity contribution >= 4 is 63.5 Å². The molecule has 0 atom stereocenters. The van der Waals surface area contributed by atoms with Gasteiger partial charge in [-0.05, 0) is 149 Å². The Bertz CT molecular complexity index is 3100. The molecule has 1 aliphatic carbocycles. The molecule has 71 heavy (non-hydrogen) atoms. The van der Waals surface area contributed by atoms with E-state index in [-0.39, 0.29) is 155 Å². The Morgan fingerprint density at radius 1 is 0.676 bits per heavy atom. The quantitative estimate of drug-likeness (QED) is 0.0467. The van der Waals surface area contributed by atoms with Gasteiger partial charge < -0.3 is 37.7 Å². The van der Waals surface area contributed by atoms with Crippen LogP contribution in [0.3, 0.4) is 0 Å². The molecule has 25 heteroatoms. The number of benzene rings is 3. The predicted octanol–water partition coefficient (Wildman–Crippen LogP) is -6.89. The molecular formula is C46H50N2Na4O15S4. The summed E-state index contributed by atoms with van der Waals surface area (Å²) in [5.41, 5.74) is 3.40. The molecular weight excluding hydrogens is 1040 g/mol. The molecule has 0 amide bonds. The van der Waals surface area contributed by atoms with E-state index in [9.17, 15) is 61.8 Å². The first-order chi connectivity index (χ1) is 31.1. The fraction of sp³-hybridized carbons (Fsp3) is 0.391. The molecule has 3 aromatic carbocycles. The van der Waals surface area contributed by atoms with Crippen LogP contribution in [0, 0.1) is 0 Å². The molecule has 17 nitrogen and oxygen atoms in total. The maximum absolute atomic E-state index is 12.1. The largest absolute Gasteiger partial charge is 1.00 e. The summed E-state index contributed by atoms with van der Waals surface area (Å²) in [6, 6.07) is 13.2. The van der Waals surface area contributed by atoms with Gasteiger partial charge in [0.05, 0.1) is 30.2 Å². The third kappa shape index (κ3) is 16.5. The van der Waals surface area contributed by atoms with Crippen LogP contribution >= 0.6 is 0 Å². The van der Waals surface area contributed by atoms with Crippen molar-refractivity contribution < 1.29 is 189 Å². The van der Waals surface area contributed by atoms with Crippen molar-refractivity contribution in [1.29, 1.82) is 0 Å². The Morgan fingerprint density at radius 2 is 1.25 bits per heavy atom. The third-order valence-corrected chi connectivity index (χ3v) is 15.6. The van der Waals surface area contributed by atoms with Crippen molar-refractivity contribution in [3.8, 4) is 5.75 Å². The number of rotatable bonds is 19. The Hall–Kier alpha value is -1.00. The van der Waals surface area contributed by atoms with Crippen LogP contribution in [0.5, 0.6) is 5.75 Å². The van der Waals surface area contributed by atoms with Gasteiger partial charge in [-0.2, -0.15) is 4.58 Å². The molecule has 2 heterocycles. The average molecular weight is 1090 g/mol. The normalized spacial score (nSPS) is 17.5. The molecule has 2 aliphatic heterocycles. The van der Waals surface area contributed by atoms with Crippen molar-refractivity contribution in [2.24, 2.45) is 0 Å². The maximum Gasteiger partial charge on any atom is 1.00 e. The molecule has 0 bridgehead atoms. The Morgan fingerprint density at radius 3 is 1.83 bits per heavy atom. The number of allylic oxidation sites excluding steroid dienone is 7. The van der Waals surface area contributed by atoms with Crippen LogP contribution in [-0.2, 0) is 56.1 Å². The van der Waals surface area contributed by atoms with Crippen LogP contribution in [0.15, 0.2) is 122 Å². The zero-order chi connectivity index (χ0) is 49.3. The number of carboxylic acid groups (broad SMARTS) is 1. The summed E-state index contributed by atoms with van der Waals surface area (Å²) < 4.78 is 151. The van der Waals surface area contributed by atoms with Crippen LogP contribution in [0.4, 0.5) is 11.4 Å². The van der Waals surface area contributed by atoms with Gasteiger partial charge in [-0.25, -0.2) is 33.7 Å². The van der Waals surface area contributed by atoms with E-state index in [0.717, 1.165) is 17.8 Å². The van der Waals surface area contributed by atoms with Gasteiger partial charge in [-0.3, -0.25) is 0 Å². The number of unbranched alkanes of at least 4 members (excludes halogenated alkanes) is 3. The fourth-order valence-corrected chi connectivity index (χ4v) is 10.9. The number of carbonyl (C=O) groups is 1. The molecule has 0 fully saturated rings. The number of ether oxygens (including phenoxy) is 1. The minimum absolute atomic E-state index is 0. The molecule has 3 aromatic rings. The van der Waals surface area contributed by atoms with E-state index >= 15 is 0 Å². The summed E-state index contributed by atoms with van der Waals surface area (Å²) in [5.74, 6) is -1.14. The van der Waals surface area contributed by atoms with E-state index in [1.807, 2.05) is 61.5 Å². The van der Waals surface area contributed by atoms with Crippen molar-refractivity contribution in [3.05, 3.63) is 119 Å². The zero-order valence-corrected chi connectivity index (χ0v) is 52.5. The zero-order valence-electron chi connectivity index (χ0n) is 41.2. The van der Waals surface area contributed by atoms with Crippen molar-refractivity contribution in [3.63, 3.8) is 0 Å². The molecule has 3 aliphatic rings. The van der Waals surface area contributed by atoms with Crippen LogP contribution in [0.1, 0.15) is 96.6 Å². The second-order valence-corrected chi connectivity index (χ2v) is 23.3. The van der Waals surface area contributed by atoms with Gasteiger partial charge >= 0.3 is 118 Å². The topological polar surface area (TPSA) is 284 Å². The van der Waals surface area contributed by atoms with Crippen LogP contribution in [-0.4, -0.2) is 87.0 Å². The monoisotopic (exact) mass is 1090 g/mol. The predicted molar refractivity (Wildman–Crippen MR) is 240 cm³/mol. The summed E-state index contributed by atoms with van der Waals surface area (Å²) in [7, 11) is -18.9. The number of nitrogens with zero attached hydrogens (tertiary/aromatic N) is 2. The Balaban J connectivity index is 0.00000432. The van der Waals surface area contributed by atoms with E-state index in [1.54, 1.807) is 6.07 Å². The first kappa shape index (κ1) is 66.1. The average Bonchev–Trinajstić information content (AvgIpc) is 3.57. The van der Waals surface area contributed by atoms with E-state index in [1.165, 1.54) is 42.5 Å². The summed E-state index contributed by atoms with van der Waals surface area (Å²) in [6.45, 7) is 8.12. The molecule has 0 saturated heterocycles. The van der Waals surface area contributed by atoms with Crippen LogP contribution in [0.25, 0.3) is 0 Å². The van der Waals surface area contributed by atoms with Crippen molar-refractivity contribution in [2.75, 3.05) is 23.7 Å². The van der Waals surface area contributed by atoms with E-state index in [0.29, 0.717) is 90.2 Å². The maximum atomic E-state index is 12.1. The van der Waals surface area contributed by atoms with E-state index in [4.69, 9.17) is 4.74 Å². The molecule has 0 spiro atoms. The second kappa shape index (κ2) is 26.4. The summed E-state index contributed by atoms with van der Waals surface area (Å²) in [4.78, 5) is 11.7. The van der Waals surface area contributed by atoms with Crippen molar-refractivity contribution in [1.82, 2.24) is 0 Å². The standard InChI is InChI=1S/C46H54N2O15S4.4Na/c1-45(2)37-29-35(66(57,58)59)20-22-39(37)47(26-7-5-6-13-43(49)50)41(45)24-14-31-11-10-12-32(44(31)63-33-16-18-34(19-17-33)65(54,55)56)15-25-42-46(3,4)38-30-36(67(60,61)62)21-23-40(38)48(42)27-8-9-28-64(51,52)53;;;;/h14-25,29-30H,5-13,26-28H2,1-4H3,(H4-,49,50,51,52,53,54,55,56,57,58,59,60,61,62);;;;/q;4*+1/p-4. The summed E-state index contributed by atoms with van der Waals surface area (Å²) >= 11 is 0. The molecule has 0 aromatic heterocycles. The number of hydrogen-bond acceptors (Lipinski definition) is 16. The van der Waals surface area contributed by atoms with Crippen LogP contribution < -0.4 is 133 Å². The Labute approximate surface area is 505 Å². The number of hydrogen-bond donors (Lipinski definition) is 0. The van der Waals surface area contributed by atoms with Crippen LogP contribution in [0.2, 0.25) is 0 Å². The minimum Gasteiger partial charge on any atom is -0.748 e. The number of fused-ring (bicyclic) bond motifs is 2. The fourth-order valence-electron chi connectivity index (χ4n) is 8.87. The van der Waals surface area contributed by atoms with Gasteiger partial charge in [0.2, 0.25) is 5.69 Å². The van der Waals surface area contributed by atoms with Gasteiger partial charge in [0.25, 0.3) is 0 Å². The number of aliphatic carboxylic acids is 1. The smallest absolute Gasteiger partial charge is 0.748 e. The van der Waals surface area contributed by atoms with E-state index in [2.05, 4.69) is 0 Å². The SMILES string of the molecule is CC1(C)C(/C=C\C2=C(Oc3ccc(S(=O)(=O)[O-])cc3)C(=C\C=C3/N(CCCCS(=O)(=O)[O-])c4ccc(S(=O)(=O)[O-])cc4C3(C)C)/CCC2)=[N+](CCCCCC(=O)[O-])c2ccc(S(=O)(=O)[O-])cc21.[Na+].[Na+].[Na+].[Na+]. The number of carbonyl (C=O) groups excluding carboxylic acids is 1. The second-order valence-electron chi connectivity index (χ2n) is 17.7. The van der Waals surface area contributed by atoms with Gasteiger partial charge in [0.1, 0.15) is 48.4 Å². The third-order valence-electron chi connectivity index (χ3n) is 12.3. The van der Waals surface area contributed by atoms with Gasteiger partial charge in [0.15, 0.2) is 5.71 Å². The van der Waals surface area contributed by atoms with E-state index < -0.39 is 72.8 Å². The van der Waals surface area contributed by atoms with Gasteiger partial charge in [0, 0.05) is 59.2 Å².